The van der Waals surface area contributed by atoms with Crippen molar-refractivity contribution in [1.82, 2.24) is 5.32 Å². The standard InChI is InChI=1S/C21H19NO6/c1-13-10-19(23)28-18-11-16(8-9-17(13)18)27-20(24)14(2)22-21(25)26-12-15-6-4-3-5-7-15/h3-11,14H,12H2,1-2H3,(H,22,25). The third kappa shape index (κ3) is 4.76. The number of aryl methyl sites for hydroxylation is 1. The molecule has 0 bridgehead atoms. The third-order valence-electron chi connectivity index (χ3n) is 4.04. The minimum atomic E-state index is -0.927. The minimum absolute atomic E-state index is 0.0947. The Balaban J connectivity index is 1.58. The molecule has 0 spiro atoms. The van der Waals surface area contributed by atoms with E-state index < -0.39 is 23.7 Å². The van der Waals surface area contributed by atoms with E-state index in [4.69, 9.17) is 13.9 Å². The molecule has 1 atom stereocenters. The molecule has 0 aliphatic carbocycles. The van der Waals surface area contributed by atoms with Gasteiger partial charge in [-0.1, -0.05) is 30.3 Å². The van der Waals surface area contributed by atoms with E-state index >= 15 is 0 Å². The molecule has 1 heterocycles. The summed E-state index contributed by atoms with van der Waals surface area (Å²) < 4.78 is 15.5. The summed E-state index contributed by atoms with van der Waals surface area (Å²) in [6.07, 6.45) is -0.728. The SMILES string of the molecule is Cc1cc(=O)oc2cc(OC(=O)C(C)NC(=O)OCc3ccccc3)ccc12. The number of nitrogens with one attached hydrogen (secondary N) is 1. The van der Waals surface area contributed by atoms with Gasteiger partial charge in [0.25, 0.3) is 0 Å². The molecule has 28 heavy (non-hydrogen) atoms. The van der Waals surface area contributed by atoms with Crippen LogP contribution in [0.3, 0.4) is 0 Å². The zero-order chi connectivity index (χ0) is 20.1. The summed E-state index contributed by atoms with van der Waals surface area (Å²) in [6, 6.07) is 14.4. The van der Waals surface area contributed by atoms with Crippen molar-refractivity contribution in [2.24, 2.45) is 0 Å². The summed E-state index contributed by atoms with van der Waals surface area (Å²) in [5, 5.41) is 3.16. The second-order valence-corrected chi connectivity index (χ2v) is 6.26. The van der Waals surface area contributed by atoms with Crippen molar-refractivity contribution in [3.63, 3.8) is 0 Å². The van der Waals surface area contributed by atoms with E-state index in [-0.39, 0.29) is 12.4 Å². The third-order valence-corrected chi connectivity index (χ3v) is 4.04. The Morgan fingerprint density at radius 2 is 1.86 bits per heavy atom. The van der Waals surface area contributed by atoms with E-state index in [2.05, 4.69) is 5.32 Å². The zero-order valence-electron chi connectivity index (χ0n) is 15.4. The maximum absolute atomic E-state index is 12.2. The molecule has 0 saturated carbocycles. The van der Waals surface area contributed by atoms with Gasteiger partial charge in [-0.05, 0) is 37.1 Å². The zero-order valence-corrected chi connectivity index (χ0v) is 15.4. The van der Waals surface area contributed by atoms with E-state index in [1.54, 1.807) is 19.1 Å². The molecule has 0 aliphatic rings. The molecule has 0 saturated heterocycles. The van der Waals surface area contributed by atoms with Crippen LogP contribution in [0.4, 0.5) is 4.79 Å². The average molecular weight is 381 g/mol. The molecular formula is C21H19NO6. The van der Waals surface area contributed by atoms with Crippen molar-refractivity contribution >= 4 is 23.0 Å². The van der Waals surface area contributed by atoms with Crippen LogP contribution in [0.2, 0.25) is 0 Å². The first-order valence-corrected chi connectivity index (χ1v) is 8.66. The highest BCUT2D eigenvalue weighted by Gasteiger charge is 2.19. The lowest BCUT2D eigenvalue weighted by atomic mass is 10.1. The molecule has 7 heteroatoms. The summed E-state index contributed by atoms with van der Waals surface area (Å²) in [7, 11) is 0. The van der Waals surface area contributed by atoms with Crippen molar-refractivity contribution in [2.75, 3.05) is 0 Å². The number of ether oxygens (including phenoxy) is 2. The van der Waals surface area contributed by atoms with Crippen molar-refractivity contribution in [3.05, 3.63) is 76.1 Å². The maximum Gasteiger partial charge on any atom is 0.408 e. The number of benzene rings is 2. The Morgan fingerprint density at radius 1 is 1.11 bits per heavy atom. The Kier molecular flexibility index (Phi) is 5.74. The van der Waals surface area contributed by atoms with E-state index in [1.807, 2.05) is 30.3 Å². The van der Waals surface area contributed by atoms with Crippen LogP contribution < -0.4 is 15.7 Å². The molecule has 7 nitrogen and oxygen atoms in total. The number of carbonyl (C=O) groups is 2. The molecule has 3 aromatic rings. The first-order chi connectivity index (χ1) is 13.4. The molecule has 1 unspecified atom stereocenters. The summed E-state index contributed by atoms with van der Waals surface area (Å²) in [6.45, 7) is 3.37. The van der Waals surface area contributed by atoms with Crippen LogP contribution in [0, 0.1) is 6.92 Å². The van der Waals surface area contributed by atoms with E-state index in [0.29, 0.717) is 5.58 Å². The summed E-state index contributed by atoms with van der Waals surface area (Å²) in [5.41, 5.74) is 1.43. The molecule has 0 aliphatic heterocycles. The lowest BCUT2D eigenvalue weighted by molar-refractivity contribution is -0.136. The predicted molar refractivity (Wildman–Crippen MR) is 102 cm³/mol. The molecule has 0 radical (unpaired) electrons. The first kappa shape index (κ1) is 19.2. The van der Waals surface area contributed by atoms with Gasteiger partial charge in [0.05, 0.1) is 0 Å². The quantitative estimate of drug-likeness (QED) is 0.414. The van der Waals surface area contributed by atoms with Crippen LogP contribution in [0.25, 0.3) is 11.0 Å². The highest BCUT2D eigenvalue weighted by Crippen LogP contribution is 2.22. The molecule has 2 aromatic carbocycles. The van der Waals surface area contributed by atoms with Gasteiger partial charge in [-0.3, -0.25) is 0 Å². The van der Waals surface area contributed by atoms with Crippen LogP contribution >= 0.6 is 0 Å². The smallest absolute Gasteiger partial charge is 0.408 e. The molecule has 1 amide bonds. The highest BCUT2D eigenvalue weighted by atomic mass is 16.6. The van der Waals surface area contributed by atoms with Gasteiger partial charge >= 0.3 is 17.7 Å². The van der Waals surface area contributed by atoms with Gasteiger partial charge in [0.1, 0.15) is 24.0 Å². The monoisotopic (exact) mass is 381 g/mol. The summed E-state index contributed by atoms with van der Waals surface area (Å²) >= 11 is 0. The number of esters is 1. The second-order valence-electron chi connectivity index (χ2n) is 6.26. The molecule has 3 rings (SSSR count). The summed E-state index contributed by atoms with van der Waals surface area (Å²) in [4.78, 5) is 35.5. The molecular weight excluding hydrogens is 362 g/mol. The lowest BCUT2D eigenvalue weighted by Crippen LogP contribution is -2.41. The molecule has 1 aromatic heterocycles. The van der Waals surface area contributed by atoms with Crippen LogP contribution in [0.1, 0.15) is 18.1 Å². The molecule has 0 fully saturated rings. The number of rotatable bonds is 5. The average Bonchev–Trinajstić information content (AvgIpc) is 2.66. The van der Waals surface area contributed by atoms with Crippen molar-refractivity contribution in [1.29, 1.82) is 0 Å². The van der Waals surface area contributed by atoms with E-state index in [0.717, 1.165) is 16.5 Å². The lowest BCUT2D eigenvalue weighted by Gasteiger charge is -2.13. The number of fused-ring (bicyclic) bond motifs is 1. The van der Waals surface area contributed by atoms with Gasteiger partial charge in [-0.15, -0.1) is 0 Å². The fraction of sp³-hybridized carbons (Fsp3) is 0.190. The fourth-order valence-electron chi connectivity index (χ4n) is 2.57. The van der Waals surface area contributed by atoms with Crippen LogP contribution in [-0.4, -0.2) is 18.1 Å². The van der Waals surface area contributed by atoms with Crippen molar-refractivity contribution in [3.8, 4) is 5.75 Å². The van der Waals surface area contributed by atoms with Crippen molar-refractivity contribution in [2.45, 2.75) is 26.5 Å². The Morgan fingerprint density at radius 3 is 2.61 bits per heavy atom. The van der Waals surface area contributed by atoms with Gasteiger partial charge < -0.3 is 19.2 Å². The topological polar surface area (TPSA) is 94.8 Å². The van der Waals surface area contributed by atoms with Gasteiger partial charge in [0.15, 0.2) is 0 Å². The Bertz CT molecular complexity index is 1060. The molecule has 1 N–H and O–H groups in total. The van der Waals surface area contributed by atoms with Gasteiger partial charge in [-0.2, -0.15) is 0 Å². The number of hydrogen-bond acceptors (Lipinski definition) is 6. The van der Waals surface area contributed by atoms with Gasteiger partial charge in [0.2, 0.25) is 0 Å². The van der Waals surface area contributed by atoms with Crippen molar-refractivity contribution < 1.29 is 23.5 Å². The summed E-state index contributed by atoms with van der Waals surface area (Å²) in [5.74, 6) is -0.469. The minimum Gasteiger partial charge on any atom is -0.445 e. The Labute approximate surface area is 160 Å². The number of carbonyl (C=O) groups excluding carboxylic acids is 2. The second kappa shape index (κ2) is 8.39. The van der Waals surface area contributed by atoms with E-state index in [9.17, 15) is 14.4 Å². The normalized spacial score (nSPS) is 11.6. The van der Waals surface area contributed by atoms with E-state index in [1.165, 1.54) is 19.1 Å². The fourth-order valence-corrected chi connectivity index (χ4v) is 2.57. The van der Waals surface area contributed by atoms with Gasteiger partial charge in [0, 0.05) is 17.5 Å². The maximum atomic E-state index is 12.2. The Hall–Kier alpha value is -3.61. The van der Waals surface area contributed by atoms with Crippen LogP contribution in [0.5, 0.6) is 5.75 Å². The number of amides is 1. The largest absolute Gasteiger partial charge is 0.445 e. The van der Waals surface area contributed by atoms with Gasteiger partial charge in [-0.25, -0.2) is 14.4 Å². The number of hydrogen-bond donors (Lipinski definition) is 1. The predicted octanol–water partition coefficient (Wildman–Crippen LogP) is 3.32. The molecule has 144 valence electrons. The first-order valence-electron chi connectivity index (χ1n) is 8.66. The highest BCUT2D eigenvalue weighted by molar-refractivity contribution is 5.85. The van der Waals surface area contributed by atoms with Crippen LogP contribution in [-0.2, 0) is 16.1 Å². The number of alkyl carbamates (subject to hydrolysis) is 1. The van der Waals surface area contributed by atoms with Crippen LogP contribution in [0.15, 0.2) is 63.8 Å².